The summed E-state index contributed by atoms with van der Waals surface area (Å²) >= 11 is 0. The summed E-state index contributed by atoms with van der Waals surface area (Å²) in [5, 5.41) is 1.56. The van der Waals surface area contributed by atoms with Gasteiger partial charge in [-0.1, -0.05) is 125 Å². The van der Waals surface area contributed by atoms with Crippen LogP contribution in [0.25, 0.3) is 17.2 Å². The molecule has 3 atom stereocenters. The second kappa shape index (κ2) is 7.90. The van der Waals surface area contributed by atoms with Gasteiger partial charge in [0.25, 0.3) is 0 Å². The molecule has 32 heavy (non-hydrogen) atoms. The Kier molecular flexibility index (Phi) is 5.18. The third kappa shape index (κ3) is 3.10. The van der Waals surface area contributed by atoms with Gasteiger partial charge in [-0.2, -0.15) is 0 Å². The van der Waals surface area contributed by atoms with E-state index < -0.39 is 8.07 Å². The van der Waals surface area contributed by atoms with E-state index in [1.807, 2.05) is 0 Å². The van der Waals surface area contributed by atoms with Gasteiger partial charge in [-0.05, 0) is 49.9 Å². The van der Waals surface area contributed by atoms with E-state index in [1.54, 1.807) is 16.3 Å². The Balaban J connectivity index is 1.74. The molecule has 0 nitrogen and oxygen atoms in total. The molecule has 0 heterocycles. The summed E-state index contributed by atoms with van der Waals surface area (Å²) < 4.78 is 0. The van der Waals surface area contributed by atoms with E-state index in [2.05, 4.69) is 125 Å². The minimum absolute atomic E-state index is 0.470. The SMILES string of the molecule is CC1=CC(C)=C(C)C1[Si](C)(c1ccccc1)C1C(C)=Cc2c(-c3ccccc3)cccc21. The first kappa shape index (κ1) is 21.0. The van der Waals surface area contributed by atoms with Crippen LogP contribution in [0.2, 0.25) is 12.1 Å². The molecule has 2 aliphatic rings. The van der Waals surface area contributed by atoms with Gasteiger partial charge in [0.2, 0.25) is 0 Å². The largest absolute Gasteiger partial charge is 0.106 e. The molecule has 0 N–H and O–H groups in total. The topological polar surface area (TPSA) is 0 Å². The minimum atomic E-state index is -2.06. The van der Waals surface area contributed by atoms with Crippen LogP contribution < -0.4 is 5.19 Å². The zero-order chi connectivity index (χ0) is 22.5. The molecule has 3 unspecified atom stereocenters. The van der Waals surface area contributed by atoms with Crippen molar-refractivity contribution in [1.29, 1.82) is 0 Å². The standard InChI is InChI=1S/C31H32Si/c1-21-19-22(2)30(24(21)4)32(5,26-15-10-7-11-16-26)31-23(3)20-29-27(17-12-18-28(29)31)25-13-8-6-9-14-25/h6-20,30-31H,1-5H3. The molecule has 3 aromatic rings. The van der Waals surface area contributed by atoms with Crippen molar-refractivity contribution < 1.29 is 0 Å². The van der Waals surface area contributed by atoms with Crippen molar-refractivity contribution in [2.75, 3.05) is 0 Å². The fraction of sp³-hybridized carbons (Fsp3) is 0.226. The van der Waals surface area contributed by atoms with Crippen molar-refractivity contribution in [3.63, 3.8) is 0 Å². The van der Waals surface area contributed by atoms with Gasteiger partial charge in [-0.25, -0.2) is 0 Å². The van der Waals surface area contributed by atoms with Crippen LogP contribution >= 0.6 is 0 Å². The molecule has 0 fully saturated rings. The molecule has 0 bridgehead atoms. The van der Waals surface area contributed by atoms with Crippen molar-refractivity contribution >= 4 is 19.3 Å². The van der Waals surface area contributed by atoms with Crippen LogP contribution in [0, 0.1) is 0 Å². The maximum absolute atomic E-state index is 2.64. The highest BCUT2D eigenvalue weighted by molar-refractivity contribution is 6.94. The Morgan fingerprint density at radius 1 is 0.625 bits per heavy atom. The van der Waals surface area contributed by atoms with E-state index in [0.29, 0.717) is 11.1 Å². The maximum atomic E-state index is 2.64. The average Bonchev–Trinajstić information content (AvgIpc) is 3.29. The summed E-state index contributed by atoms with van der Waals surface area (Å²) in [7, 11) is -2.06. The number of rotatable bonds is 4. The predicted molar refractivity (Wildman–Crippen MR) is 142 cm³/mol. The fourth-order valence-electron chi connectivity index (χ4n) is 6.55. The van der Waals surface area contributed by atoms with E-state index in [1.165, 1.54) is 33.4 Å². The van der Waals surface area contributed by atoms with Crippen LogP contribution in [-0.2, 0) is 0 Å². The molecular weight excluding hydrogens is 400 g/mol. The van der Waals surface area contributed by atoms with Gasteiger partial charge in [0.15, 0.2) is 0 Å². The number of benzene rings is 3. The fourth-order valence-corrected chi connectivity index (χ4v) is 12.5. The average molecular weight is 433 g/mol. The molecule has 0 saturated heterocycles. The van der Waals surface area contributed by atoms with Gasteiger partial charge in [0, 0.05) is 11.1 Å². The lowest BCUT2D eigenvalue weighted by molar-refractivity contribution is 0.985. The molecular formula is C31H32Si. The molecule has 0 amide bonds. The summed E-state index contributed by atoms with van der Waals surface area (Å²) in [6.45, 7) is 12.0. The van der Waals surface area contributed by atoms with Crippen molar-refractivity contribution in [3.8, 4) is 11.1 Å². The lowest BCUT2D eigenvalue weighted by Gasteiger charge is -2.43. The van der Waals surface area contributed by atoms with Crippen molar-refractivity contribution in [2.45, 2.75) is 45.3 Å². The third-order valence-corrected chi connectivity index (χ3v) is 13.5. The van der Waals surface area contributed by atoms with Crippen molar-refractivity contribution in [1.82, 2.24) is 0 Å². The number of hydrogen-bond donors (Lipinski definition) is 0. The van der Waals surface area contributed by atoms with Crippen LogP contribution in [0.5, 0.6) is 0 Å². The monoisotopic (exact) mass is 432 g/mol. The van der Waals surface area contributed by atoms with Crippen LogP contribution in [0.3, 0.4) is 0 Å². The van der Waals surface area contributed by atoms with Crippen molar-refractivity contribution in [2.24, 2.45) is 0 Å². The number of fused-ring (bicyclic) bond motifs is 1. The second-order valence-corrected chi connectivity index (χ2v) is 14.1. The summed E-state index contributed by atoms with van der Waals surface area (Å²) in [5.74, 6) is 0. The van der Waals surface area contributed by atoms with E-state index in [0.717, 1.165) is 0 Å². The predicted octanol–water partition coefficient (Wildman–Crippen LogP) is 8.05. The van der Waals surface area contributed by atoms with E-state index >= 15 is 0 Å². The van der Waals surface area contributed by atoms with Gasteiger partial charge < -0.3 is 0 Å². The van der Waals surface area contributed by atoms with Gasteiger partial charge >= 0.3 is 0 Å². The Morgan fingerprint density at radius 2 is 1.25 bits per heavy atom. The zero-order valence-electron chi connectivity index (χ0n) is 19.8. The van der Waals surface area contributed by atoms with Crippen molar-refractivity contribution in [3.05, 3.63) is 118 Å². The second-order valence-electron chi connectivity index (χ2n) is 9.83. The first-order chi connectivity index (χ1) is 15.4. The molecule has 0 aliphatic heterocycles. The van der Waals surface area contributed by atoms with Crippen LogP contribution in [-0.4, -0.2) is 8.07 Å². The number of hydrogen-bond acceptors (Lipinski definition) is 0. The molecule has 0 saturated carbocycles. The lowest BCUT2D eigenvalue weighted by atomic mass is 9.97. The van der Waals surface area contributed by atoms with Gasteiger partial charge in [0.05, 0.1) is 0 Å². The highest BCUT2D eigenvalue weighted by atomic mass is 28.3. The summed E-state index contributed by atoms with van der Waals surface area (Å²) in [5.41, 5.74) is 12.7. The Hall–Kier alpha value is -2.90. The summed E-state index contributed by atoms with van der Waals surface area (Å²) in [6.07, 6.45) is 4.92. The zero-order valence-corrected chi connectivity index (χ0v) is 20.8. The minimum Gasteiger partial charge on any atom is -0.0682 e. The Labute approximate surface area is 194 Å². The maximum Gasteiger partial charge on any atom is 0.106 e. The summed E-state index contributed by atoms with van der Waals surface area (Å²) in [4.78, 5) is 0. The summed E-state index contributed by atoms with van der Waals surface area (Å²) in [6, 6.07) is 29.2. The quantitative estimate of drug-likeness (QED) is 0.366. The van der Waals surface area contributed by atoms with E-state index in [9.17, 15) is 0 Å². The van der Waals surface area contributed by atoms with Gasteiger partial charge in [-0.3, -0.25) is 0 Å². The van der Waals surface area contributed by atoms with Gasteiger partial charge in [-0.15, -0.1) is 0 Å². The Morgan fingerprint density at radius 3 is 1.88 bits per heavy atom. The highest BCUT2D eigenvalue weighted by Crippen LogP contribution is 2.53. The third-order valence-electron chi connectivity index (χ3n) is 7.91. The molecule has 0 spiro atoms. The van der Waals surface area contributed by atoms with E-state index in [-0.39, 0.29) is 0 Å². The highest BCUT2D eigenvalue weighted by Gasteiger charge is 2.50. The molecule has 3 aromatic carbocycles. The molecule has 0 radical (unpaired) electrons. The first-order valence-corrected chi connectivity index (χ1v) is 14.4. The van der Waals surface area contributed by atoms with Gasteiger partial charge in [0.1, 0.15) is 8.07 Å². The molecule has 1 heteroatoms. The molecule has 0 aromatic heterocycles. The van der Waals surface area contributed by atoms with E-state index in [4.69, 9.17) is 0 Å². The molecule has 5 rings (SSSR count). The number of allylic oxidation sites excluding steroid dienone is 5. The lowest BCUT2D eigenvalue weighted by Crippen LogP contribution is -2.54. The smallest absolute Gasteiger partial charge is 0.0682 e. The molecule has 160 valence electrons. The normalized spacial score (nSPS) is 21.8. The first-order valence-electron chi connectivity index (χ1n) is 11.7. The van der Waals surface area contributed by atoms with Crippen LogP contribution in [0.1, 0.15) is 44.4 Å². The molecule has 2 aliphatic carbocycles. The van der Waals surface area contributed by atoms with Crippen LogP contribution in [0.4, 0.5) is 0 Å². The van der Waals surface area contributed by atoms with Crippen LogP contribution in [0.15, 0.2) is 107 Å². The Bertz CT molecular complexity index is 1260.